The maximum atomic E-state index is 12.9. The fourth-order valence-corrected chi connectivity index (χ4v) is 3.31. The average molecular weight is 360 g/mol. The van der Waals surface area contributed by atoms with Crippen molar-refractivity contribution in [2.24, 2.45) is 0 Å². The SMILES string of the molecule is Cc1nnc(NC(=O)C2c3ccccc3Oc3ccccc32)s1.Cl. The van der Waals surface area contributed by atoms with Crippen LogP contribution in [0, 0.1) is 6.92 Å². The van der Waals surface area contributed by atoms with Gasteiger partial charge in [0.25, 0.3) is 0 Å². The molecule has 5 nitrogen and oxygen atoms in total. The third kappa shape index (κ3) is 2.86. The molecule has 3 aromatic rings. The quantitative estimate of drug-likeness (QED) is 0.746. The molecule has 1 N–H and O–H groups in total. The van der Waals surface area contributed by atoms with Gasteiger partial charge in [0.05, 0.1) is 5.92 Å². The van der Waals surface area contributed by atoms with E-state index < -0.39 is 5.92 Å². The minimum atomic E-state index is -0.430. The zero-order chi connectivity index (χ0) is 15.8. The Morgan fingerprint density at radius 3 is 2.17 bits per heavy atom. The van der Waals surface area contributed by atoms with Crippen LogP contribution in [0.4, 0.5) is 5.13 Å². The third-order valence-electron chi connectivity index (χ3n) is 3.70. The first kappa shape index (κ1) is 16.4. The Hall–Kier alpha value is -2.44. The number of anilines is 1. The van der Waals surface area contributed by atoms with Crippen molar-refractivity contribution in [1.82, 2.24) is 10.2 Å². The summed E-state index contributed by atoms with van der Waals surface area (Å²) >= 11 is 1.36. The molecule has 4 rings (SSSR count). The number of aromatic nitrogens is 2. The fraction of sp³-hybridized carbons (Fsp3) is 0.118. The number of benzene rings is 2. The van der Waals surface area contributed by atoms with Crippen LogP contribution in [0.15, 0.2) is 48.5 Å². The number of hydrogen-bond donors (Lipinski definition) is 1. The van der Waals surface area contributed by atoms with Gasteiger partial charge in [-0.1, -0.05) is 47.7 Å². The van der Waals surface area contributed by atoms with Crippen LogP contribution in [0.2, 0.25) is 0 Å². The number of halogens is 1. The van der Waals surface area contributed by atoms with Gasteiger partial charge in [-0.3, -0.25) is 10.1 Å². The van der Waals surface area contributed by atoms with Crippen molar-refractivity contribution in [2.45, 2.75) is 12.8 Å². The van der Waals surface area contributed by atoms with E-state index in [9.17, 15) is 4.79 Å². The van der Waals surface area contributed by atoms with Crippen LogP contribution in [0.1, 0.15) is 22.1 Å². The maximum absolute atomic E-state index is 12.9. The highest BCUT2D eigenvalue weighted by Crippen LogP contribution is 2.44. The molecule has 0 unspecified atom stereocenters. The second-order valence-corrected chi connectivity index (χ2v) is 6.41. The van der Waals surface area contributed by atoms with Crippen molar-refractivity contribution in [2.75, 3.05) is 5.32 Å². The molecule has 2 heterocycles. The number of carbonyl (C=O) groups is 1. The Morgan fingerprint density at radius 2 is 1.62 bits per heavy atom. The Kier molecular flexibility index (Phi) is 4.51. The van der Waals surface area contributed by atoms with E-state index in [2.05, 4.69) is 15.5 Å². The number of rotatable bonds is 2. The van der Waals surface area contributed by atoms with E-state index in [-0.39, 0.29) is 18.3 Å². The summed E-state index contributed by atoms with van der Waals surface area (Å²) in [6, 6.07) is 15.2. The number of ether oxygens (including phenoxy) is 1. The first-order valence-electron chi connectivity index (χ1n) is 7.19. The number of aryl methyl sites for hydroxylation is 1. The van der Waals surface area contributed by atoms with Gasteiger partial charge in [-0.15, -0.1) is 22.6 Å². The molecule has 1 aliphatic heterocycles. The smallest absolute Gasteiger partial charge is 0.238 e. The molecule has 1 aliphatic rings. The monoisotopic (exact) mass is 359 g/mol. The molecule has 0 saturated carbocycles. The fourth-order valence-electron chi connectivity index (χ4n) is 2.72. The van der Waals surface area contributed by atoms with E-state index in [1.165, 1.54) is 11.3 Å². The molecule has 0 radical (unpaired) electrons. The van der Waals surface area contributed by atoms with Crippen molar-refractivity contribution < 1.29 is 9.53 Å². The summed E-state index contributed by atoms with van der Waals surface area (Å²) in [6.07, 6.45) is 0. The van der Waals surface area contributed by atoms with Crippen molar-refractivity contribution in [3.63, 3.8) is 0 Å². The Morgan fingerprint density at radius 1 is 1.04 bits per heavy atom. The summed E-state index contributed by atoms with van der Waals surface area (Å²) in [5, 5.41) is 12.1. The second-order valence-electron chi connectivity index (χ2n) is 5.23. The van der Waals surface area contributed by atoms with Gasteiger partial charge in [-0.2, -0.15) is 0 Å². The van der Waals surface area contributed by atoms with Crippen molar-refractivity contribution in [3.8, 4) is 11.5 Å². The molecular formula is C17H14ClN3O2S. The predicted octanol–water partition coefficient (Wildman–Crippen LogP) is 4.14. The Labute approximate surface area is 149 Å². The zero-order valence-electron chi connectivity index (χ0n) is 12.7. The normalized spacial score (nSPS) is 12.4. The summed E-state index contributed by atoms with van der Waals surface area (Å²) in [7, 11) is 0. The minimum absolute atomic E-state index is 0. The van der Waals surface area contributed by atoms with Gasteiger partial charge in [-0.25, -0.2) is 0 Å². The van der Waals surface area contributed by atoms with Gasteiger partial charge in [0.2, 0.25) is 11.0 Å². The molecule has 0 spiro atoms. The lowest BCUT2D eigenvalue weighted by Crippen LogP contribution is -2.25. The average Bonchev–Trinajstić information content (AvgIpc) is 2.97. The number of hydrogen-bond acceptors (Lipinski definition) is 5. The summed E-state index contributed by atoms with van der Waals surface area (Å²) in [6.45, 7) is 1.85. The maximum Gasteiger partial charge on any atom is 0.238 e. The van der Waals surface area contributed by atoms with Gasteiger partial charge >= 0.3 is 0 Å². The minimum Gasteiger partial charge on any atom is -0.457 e. The lowest BCUT2D eigenvalue weighted by atomic mass is 9.87. The number of para-hydroxylation sites is 2. The molecule has 0 saturated heterocycles. The van der Waals surface area contributed by atoms with E-state index in [1.807, 2.05) is 55.5 Å². The molecule has 0 bridgehead atoms. The number of nitrogens with zero attached hydrogens (tertiary/aromatic N) is 2. The number of amides is 1. The molecule has 7 heteroatoms. The molecule has 122 valence electrons. The largest absolute Gasteiger partial charge is 0.457 e. The van der Waals surface area contributed by atoms with Crippen LogP contribution in [-0.2, 0) is 4.79 Å². The van der Waals surface area contributed by atoms with Crippen molar-refractivity contribution in [3.05, 3.63) is 64.7 Å². The molecule has 1 aromatic heterocycles. The summed E-state index contributed by atoms with van der Waals surface area (Å²) in [5.74, 6) is 0.851. The Bertz CT molecular complexity index is 851. The second kappa shape index (κ2) is 6.59. The van der Waals surface area contributed by atoms with Gasteiger partial charge in [0.15, 0.2) is 0 Å². The van der Waals surface area contributed by atoms with E-state index in [0.29, 0.717) is 16.6 Å². The van der Waals surface area contributed by atoms with Crippen LogP contribution < -0.4 is 10.1 Å². The van der Waals surface area contributed by atoms with E-state index >= 15 is 0 Å². The van der Waals surface area contributed by atoms with E-state index in [0.717, 1.165) is 16.1 Å². The van der Waals surface area contributed by atoms with Crippen LogP contribution in [0.5, 0.6) is 11.5 Å². The molecular weight excluding hydrogens is 346 g/mol. The molecule has 0 atom stereocenters. The zero-order valence-corrected chi connectivity index (χ0v) is 14.4. The van der Waals surface area contributed by atoms with Gasteiger partial charge < -0.3 is 4.74 Å². The highest BCUT2D eigenvalue weighted by atomic mass is 35.5. The topological polar surface area (TPSA) is 64.1 Å². The number of fused-ring (bicyclic) bond motifs is 2. The molecule has 24 heavy (non-hydrogen) atoms. The van der Waals surface area contributed by atoms with Crippen molar-refractivity contribution in [1.29, 1.82) is 0 Å². The van der Waals surface area contributed by atoms with E-state index in [1.54, 1.807) is 0 Å². The lowest BCUT2D eigenvalue weighted by Gasteiger charge is -2.27. The number of nitrogens with one attached hydrogen (secondary N) is 1. The van der Waals surface area contributed by atoms with Gasteiger partial charge in [0, 0.05) is 11.1 Å². The first-order valence-corrected chi connectivity index (χ1v) is 8.01. The van der Waals surface area contributed by atoms with Crippen molar-refractivity contribution >= 4 is 34.8 Å². The standard InChI is InChI=1S/C17H13N3O2S.ClH/c1-10-19-20-17(23-10)18-16(21)15-11-6-2-4-8-13(11)22-14-9-5-3-7-12(14)15;/h2-9,15H,1H3,(H,18,20,21);1H. The predicted molar refractivity (Wildman–Crippen MR) is 95.3 cm³/mol. The Balaban J connectivity index is 0.00000169. The number of carbonyl (C=O) groups excluding carboxylic acids is 1. The third-order valence-corrected chi connectivity index (χ3v) is 4.45. The van der Waals surface area contributed by atoms with Gasteiger partial charge in [-0.05, 0) is 19.1 Å². The first-order chi connectivity index (χ1) is 11.2. The summed E-state index contributed by atoms with van der Waals surface area (Å²) in [5.41, 5.74) is 1.70. The summed E-state index contributed by atoms with van der Waals surface area (Å²) in [4.78, 5) is 12.9. The molecule has 0 fully saturated rings. The lowest BCUT2D eigenvalue weighted by molar-refractivity contribution is -0.116. The molecule has 1 amide bonds. The highest BCUT2D eigenvalue weighted by molar-refractivity contribution is 7.15. The van der Waals surface area contributed by atoms with Crippen LogP contribution in [0.25, 0.3) is 0 Å². The van der Waals surface area contributed by atoms with Crippen LogP contribution in [-0.4, -0.2) is 16.1 Å². The summed E-state index contributed by atoms with van der Waals surface area (Å²) < 4.78 is 5.91. The molecule has 0 aliphatic carbocycles. The molecule has 2 aromatic carbocycles. The van der Waals surface area contributed by atoms with Crippen LogP contribution in [0.3, 0.4) is 0 Å². The van der Waals surface area contributed by atoms with E-state index in [4.69, 9.17) is 4.74 Å². The van der Waals surface area contributed by atoms with Gasteiger partial charge in [0.1, 0.15) is 16.5 Å². The van der Waals surface area contributed by atoms with Crippen LogP contribution >= 0.6 is 23.7 Å². The highest BCUT2D eigenvalue weighted by Gasteiger charge is 2.32.